The minimum absolute atomic E-state index is 0. The average Bonchev–Trinajstić information content (AvgIpc) is 2.44. The van der Waals surface area contributed by atoms with Gasteiger partial charge in [-0.1, -0.05) is 6.07 Å². The van der Waals surface area contributed by atoms with Crippen molar-refractivity contribution in [3.05, 3.63) is 29.3 Å². The van der Waals surface area contributed by atoms with E-state index in [1.165, 1.54) is 11.1 Å². The Morgan fingerprint density at radius 2 is 1.65 bits per heavy atom. The van der Waals surface area contributed by atoms with Gasteiger partial charge in [-0.15, -0.1) is 24.0 Å². The second-order valence-corrected chi connectivity index (χ2v) is 8.05. The molecule has 26 heavy (non-hydrogen) atoms. The lowest BCUT2D eigenvalue weighted by Crippen LogP contribution is -2.32. The van der Waals surface area contributed by atoms with Crippen molar-refractivity contribution in [3.8, 4) is 0 Å². The number of anilines is 1. The quantitative estimate of drug-likeness (QED) is 0.292. The highest BCUT2D eigenvalue weighted by Crippen LogP contribution is 2.28. The fraction of sp³-hybridized carbons (Fsp3) is 0.600. The van der Waals surface area contributed by atoms with Crippen LogP contribution in [0.2, 0.25) is 0 Å². The van der Waals surface area contributed by atoms with E-state index in [2.05, 4.69) is 42.4 Å². The number of nitrogens with zero attached hydrogens (tertiary/aromatic N) is 1. The molecule has 0 saturated heterocycles. The maximum atomic E-state index is 12.2. The van der Waals surface area contributed by atoms with E-state index in [0.29, 0.717) is 5.96 Å². The number of guanidine groups is 1. The third-order valence-corrected chi connectivity index (χ3v) is 4.25. The number of nitrogens with two attached hydrogens (primary N) is 1. The summed E-state index contributed by atoms with van der Waals surface area (Å²) >= 11 is 0. The Kier molecular flexibility index (Phi) is 8.37. The molecule has 5 nitrogen and oxygen atoms in total. The number of aliphatic imine (C=N–C) groups is 1. The second-order valence-electron chi connectivity index (χ2n) is 8.05. The summed E-state index contributed by atoms with van der Waals surface area (Å²) < 4.78 is 5.48. The van der Waals surface area contributed by atoms with Gasteiger partial charge in [-0.2, -0.15) is 0 Å². The Morgan fingerprint density at radius 3 is 2.15 bits per heavy atom. The number of nitrogens with one attached hydrogen (secondary N) is 1. The zero-order valence-corrected chi connectivity index (χ0v) is 18.8. The predicted octanol–water partition coefficient (Wildman–Crippen LogP) is 4.55. The summed E-state index contributed by atoms with van der Waals surface area (Å²) in [5.41, 5.74) is 8.97. The van der Waals surface area contributed by atoms with Gasteiger partial charge in [0.1, 0.15) is 5.60 Å². The van der Waals surface area contributed by atoms with Gasteiger partial charge in [0.05, 0.1) is 12.0 Å². The molecule has 0 aromatic heterocycles. The van der Waals surface area contributed by atoms with Gasteiger partial charge in [-0.3, -0.25) is 4.79 Å². The molecular formula is C20H32IN3O2. The number of aryl methyl sites for hydroxylation is 2. The highest BCUT2D eigenvalue weighted by Gasteiger charge is 2.29. The molecule has 0 bridgehead atoms. The lowest BCUT2D eigenvalue weighted by molar-refractivity contribution is -0.161. The topological polar surface area (TPSA) is 76.7 Å². The molecule has 3 N–H and O–H groups in total. The third kappa shape index (κ3) is 7.51. The van der Waals surface area contributed by atoms with Crippen LogP contribution in [0.3, 0.4) is 0 Å². The van der Waals surface area contributed by atoms with Gasteiger partial charge in [0, 0.05) is 5.69 Å². The first-order chi connectivity index (χ1) is 11.6. The summed E-state index contributed by atoms with van der Waals surface area (Å²) in [4.78, 5) is 16.7. The van der Waals surface area contributed by atoms with E-state index >= 15 is 0 Å². The van der Waals surface area contributed by atoms with Gasteiger partial charge >= 0.3 is 5.97 Å². The van der Waals surface area contributed by atoms with E-state index in [1.807, 2.05) is 20.8 Å². The Morgan fingerprint density at radius 1 is 1.12 bits per heavy atom. The van der Waals surface area contributed by atoms with Crippen LogP contribution >= 0.6 is 24.0 Å². The van der Waals surface area contributed by atoms with Crippen molar-refractivity contribution >= 4 is 41.6 Å². The normalized spacial score (nSPS) is 20.9. The molecular weight excluding hydrogens is 441 g/mol. The summed E-state index contributed by atoms with van der Waals surface area (Å²) in [5, 5.41) is 3.17. The SMILES string of the molecule is Cc1cc(C)cc(NC(N)=NC2CCC(C(=O)OC(C)(C)C)CC2)c1.I. The number of hydrogen-bond donors (Lipinski definition) is 2. The van der Waals surface area contributed by atoms with Crippen LogP contribution in [-0.2, 0) is 9.53 Å². The number of hydrogen-bond acceptors (Lipinski definition) is 3. The van der Waals surface area contributed by atoms with Crippen LogP contribution in [-0.4, -0.2) is 23.6 Å². The minimum Gasteiger partial charge on any atom is -0.460 e. The van der Waals surface area contributed by atoms with Crippen LogP contribution in [0.4, 0.5) is 5.69 Å². The van der Waals surface area contributed by atoms with E-state index in [4.69, 9.17) is 10.5 Å². The Hall–Kier alpha value is -1.31. The number of halogens is 1. The number of rotatable bonds is 3. The van der Waals surface area contributed by atoms with Crippen LogP contribution in [0.15, 0.2) is 23.2 Å². The summed E-state index contributed by atoms with van der Waals surface area (Å²) in [5.74, 6) is 0.335. The molecule has 0 atom stereocenters. The largest absolute Gasteiger partial charge is 0.460 e. The number of benzene rings is 1. The first-order valence-electron chi connectivity index (χ1n) is 9.04. The second kappa shape index (κ2) is 9.58. The number of carbonyl (C=O) groups is 1. The van der Waals surface area contributed by atoms with Crippen molar-refractivity contribution in [1.29, 1.82) is 0 Å². The molecule has 1 aliphatic carbocycles. The van der Waals surface area contributed by atoms with E-state index < -0.39 is 5.60 Å². The fourth-order valence-electron chi connectivity index (χ4n) is 3.25. The van der Waals surface area contributed by atoms with Gasteiger partial charge < -0.3 is 15.8 Å². The zero-order valence-electron chi connectivity index (χ0n) is 16.5. The van der Waals surface area contributed by atoms with Crippen molar-refractivity contribution in [3.63, 3.8) is 0 Å². The smallest absolute Gasteiger partial charge is 0.309 e. The average molecular weight is 473 g/mol. The molecule has 0 unspecified atom stereocenters. The number of ether oxygens (including phenoxy) is 1. The summed E-state index contributed by atoms with van der Waals surface area (Å²) in [6.07, 6.45) is 3.33. The van der Waals surface area contributed by atoms with Crippen molar-refractivity contribution < 1.29 is 9.53 Å². The molecule has 0 spiro atoms. The van der Waals surface area contributed by atoms with Gasteiger partial charge in [0.2, 0.25) is 0 Å². The monoisotopic (exact) mass is 473 g/mol. The summed E-state index contributed by atoms with van der Waals surface area (Å²) in [6, 6.07) is 6.39. The van der Waals surface area contributed by atoms with Gasteiger partial charge in [-0.05, 0) is 83.6 Å². The van der Waals surface area contributed by atoms with Crippen LogP contribution < -0.4 is 11.1 Å². The van der Waals surface area contributed by atoms with E-state index in [0.717, 1.165) is 31.4 Å². The van der Waals surface area contributed by atoms with Gasteiger partial charge in [-0.25, -0.2) is 4.99 Å². The molecule has 6 heteroatoms. The summed E-state index contributed by atoms with van der Waals surface area (Å²) in [6.45, 7) is 9.83. The predicted molar refractivity (Wildman–Crippen MR) is 118 cm³/mol. The number of carbonyl (C=O) groups excluding carboxylic acids is 1. The Labute approximate surface area is 174 Å². The maximum absolute atomic E-state index is 12.2. The highest BCUT2D eigenvalue weighted by molar-refractivity contribution is 14.0. The van der Waals surface area contributed by atoms with Crippen LogP contribution in [0.1, 0.15) is 57.6 Å². The molecule has 1 aromatic carbocycles. The first-order valence-corrected chi connectivity index (χ1v) is 9.04. The van der Waals surface area contributed by atoms with E-state index in [1.54, 1.807) is 0 Å². The molecule has 0 aliphatic heterocycles. The minimum atomic E-state index is -0.424. The van der Waals surface area contributed by atoms with Crippen molar-refractivity contribution in [2.45, 2.75) is 71.9 Å². The van der Waals surface area contributed by atoms with Gasteiger partial charge in [0.15, 0.2) is 5.96 Å². The molecule has 0 heterocycles. The van der Waals surface area contributed by atoms with Crippen LogP contribution in [0.5, 0.6) is 0 Å². The van der Waals surface area contributed by atoms with Gasteiger partial charge in [0.25, 0.3) is 0 Å². The van der Waals surface area contributed by atoms with Crippen LogP contribution in [0.25, 0.3) is 0 Å². The first kappa shape index (κ1) is 22.7. The fourth-order valence-corrected chi connectivity index (χ4v) is 3.25. The van der Waals surface area contributed by atoms with E-state index in [-0.39, 0.29) is 41.9 Å². The molecule has 2 rings (SSSR count). The van der Waals surface area contributed by atoms with Crippen LogP contribution in [0, 0.1) is 19.8 Å². The molecule has 1 aliphatic rings. The Bertz CT molecular complexity index is 625. The van der Waals surface area contributed by atoms with E-state index in [9.17, 15) is 4.79 Å². The Balaban J connectivity index is 0.00000338. The highest BCUT2D eigenvalue weighted by atomic mass is 127. The molecule has 1 aromatic rings. The van der Waals surface area contributed by atoms with Crippen molar-refractivity contribution in [2.24, 2.45) is 16.6 Å². The molecule has 146 valence electrons. The number of esters is 1. The zero-order chi connectivity index (χ0) is 18.6. The van der Waals surface area contributed by atoms with Crippen molar-refractivity contribution in [2.75, 3.05) is 5.32 Å². The van der Waals surface area contributed by atoms with Crippen molar-refractivity contribution in [1.82, 2.24) is 0 Å². The molecule has 1 fully saturated rings. The third-order valence-electron chi connectivity index (χ3n) is 4.25. The molecule has 0 radical (unpaired) electrons. The molecule has 0 amide bonds. The maximum Gasteiger partial charge on any atom is 0.309 e. The lowest BCUT2D eigenvalue weighted by atomic mass is 9.86. The summed E-state index contributed by atoms with van der Waals surface area (Å²) in [7, 11) is 0. The lowest BCUT2D eigenvalue weighted by Gasteiger charge is -2.28. The standard InChI is InChI=1S/C20H31N3O2.HI/c1-13-10-14(2)12-17(11-13)23-19(21)22-16-8-6-15(7-9-16)18(24)25-20(3,4)5;/h10-12,15-16H,6-9H2,1-5H3,(H3,21,22,23);1H. The molecule has 1 saturated carbocycles.